The molecule has 4 heterocycles. The van der Waals surface area contributed by atoms with E-state index in [1.807, 2.05) is 0 Å². The molecular formula is C20H26N8O. The SMILES string of the molecule is CN1CCC(C#N)(c2cc(N3CCOCC3)nc3c2cnn3/C(N)=C/C=N)CC1. The van der Waals surface area contributed by atoms with Gasteiger partial charge in [0.05, 0.1) is 30.9 Å². The van der Waals surface area contributed by atoms with Gasteiger partial charge < -0.3 is 25.7 Å². The lowest BCUT2D eigenvalue weighted by atomic mass is 9.73. The molecule has 0 spiro atoms. The number of nitriles is 1. The molecule has 0 radical (unpaired) electrons. The van der Waals surface area contributed by atoms with E-state index in [1.54, 1.807) is 10.9 Å². The summed E-state index contributed by atoms with van der Waals surface area (Å²) in [6.45, 7) is 4.54. The van der Waals surface area contributed by atoms with Crippen molar-refractivity contribution in [1.82, 2.24) is 19.7 Å². The molecule has 0 amide bonds. The van der Waals surface area contributed by atoms with Crippen molar-refractivity contribution in [3.05, 3.63) is 23.9 Å². The van der Waals surface area contributed by atoms with Crippen molar-refractivity contribution in [3.8, 4) is 6.07 Å². The molecule has 2 aliphatic rings. The molecule has 3 N–H and O–H groups in total. The highest BCUT2D eigenvalue weighted by Gasteiger charge is 2.38. The number of anilines is 1. The van der Waals surface area contributed by atoms with Crippen LogP contribution in [0.2, 0.25) is 0 Å². The Labute approximate surface area is 169 Å². The van der Waals surface area contributed by atoms with Crippen LogP contribution in [0.3, 0.4) is 0 Å². The summed E-state index contributed by atoms with van der Waals surface area (Å²) in [7, 11) is 2.09. The maximum absolute atomic E-state index is 10.2. The van der Waals surface area contributed by atoms with Crippen LogP contribution in [0.15, 0.2) is 18.3 Å². The molecular weight excluding hydrogens is 368 g/mol. The number of fused-ring (bicyclic) bond motifs is 1. The van der Waals surface area contributed by atoms with Crippen LogP contribution < -0.4 is 10.6 Å². The van der Waals surface area contributed by atoms with E-state index in [1.165, 1.54) is 6.08 Å². The summed E-state index contributed by atoms with van der Waals surface area (Å²) >= 11 is 0. The number of allylic oxidation sites excluding steroid dienone is 1. The number of pyridine rings is 1. The summed E-state index contributed by atoms with van der Waals surface area (Å²) in [4.78, 5) is 9.29. The second-order valence-corrected chi connectivity index (χ2v) is 7.68. The van der Waals surface area contributed by atoms with Crippen LogP contribution in [0.5, 0.6) is 0 Å². The molecule has 0 saturated carbocycles. The number of nitrogens with zero attached hydrogens (tertiary/aromatic N) is 6. The molecule has 0 bridgehead atoms. The lowest BCUT2D eigenvalue weighted by Crippen LogP contribution is -2.41. The largest absolute Gasteiger partial charge is 0.384 e. The molecule has 0 aliphatic carbocycles. The Balaban J connectivity index is 1.91. The summed E-state index contributed by atoms with van der Waals surface area (Å²) in [6.07, 6.45) is 5.87. The molecule has 0 atom stereocenters. The van der Waals surface area contributed by atoms with Crippen LogP contribution in [-0.4, -0.2) is 72.3 Å². The third kappa shape index (κ3) is 3.45. The van der Waals surface area contributed by atoms with Gasteiger partial charge in [-0.15, -0.1) is 0 Å². The van der Waals surface area contributed by atoms with Gasteiger partial charge in [-0.1, -0.05) is 0 Å². The number of rotatable bonds is 4. The average molecular weight is 394 g/mol. The van der Waals surface area contributed by atoms with Gasteiger partial charge in [-0.2, -0.15) is 15.0 Å². The van der Waals surface area contributed by atoms with Gasteiger partial charge in [0, 0.05) is 24.7 Å². The number of ether oxygens (including phenoxy) is 1. The summed E-state index contributed by atoms with van der Waals surface area (Å²) in [6, 6.07) is 4.68. The standard InChI is InChI=1S/C20H26N8O/c1-26-6-3-20(14-22,4-7-26)16-12-18(27-8-10-29-11-9-27)25-19-15(16)13-24-28(19)17(23)2-5-21/h2,5,12-13,21H,3-4,6-11,23H2,1H3/b17-2+,21-5?. The molecule has 29 heavy (non-hydrogen) atoms. The number of aromatic nitrogens is 3. The molecule has 0 unspecified atom stereocenters. The predicted molar refractivity (Wildman–Crippen MR) is 112 cm³/mol. The molecule has 2 saturated heterocycles. The van der Waals surface area contributed by atoms with Crippen molar-refractivity contribution >= 4 is 28.9 Å². The Morgan fingerprint density at radius 1 is 1.31 bits per heavy atom. The molecule has 9 nitrogen and oxygen atoms in total. The fourth-order valence-corrected chi connectivity index (χ4v) is 4.12. The third-order valence-corrected chi connectivity index (χ3v) is 5.93. The van der Waals surface area contributed by atoms with Crippen molar-refractivity contribution in [2.45, 2.75) is 18.3 Å². The lowest BCUT2D eigenvalue weighted by Gasteiger charge is -2.37. The monoisotopic (exact) mass is 394 g/mol. The van der Waals surface area contributed by atoms with Crippen molar-refractivity contribution in [2.75, 3.05) is 51.3 Å². The second kappa shape index (κ2) is 7.81. The lowest BCUT2D eigenvalue weighted by molar-refractivity contribution is 0.122. The highest BCUT2D eigenvalue weighted by Crippen LogP contribution is 2.40. The average Bonchev–Trinajstić information content (AvgIpc) is 3.19. The molecule has 152 valence electrons. The zero-order valence-corrected chi connectivity index (χ0v) is 16.6. The Bertz CT molecular complexity index is 974. The van der Waals surface area contributed by atoms with Gasteiger partial charge in [0.15, 0.2) is 5.65 Å². The van der Waals surface area contributed by atoms with E-state index < -0.39 is 5.41 Å². The maximum Gasteiger partial charge on any atom is 0.167 e. The summed E-state index contributed by atoms with van der Waals surface area (Å²) in [5.74, 6) is 1.13. The zero-order chi connectivity index (χ0) is 20.4. The maximum atomic E-state index is 10.2. The number of morpholine rings is 1. The molecule has 9 heteroatoms. The first kappa shape index (κ1) is 19.4. The van der Waals surface area contributed by atoms with Gasteiger partial charge in [0.25, 0.3) is 0 Å². The smallest absolute Gasteiger partial charge is 0.167 e. The quantitative estimate of drug-likeness (QED) is 0.747. The Morgan fingerprint density at radius 3 is 2.69 bits per heavy atom. The summed E-state index contributed by atoms with van der Waals surface area (Å²) < 4.78 is 7.04. The van der Waals surface area contributed by atoms with E-state index in [2.05, 4.69) is 34.1 Å². The predicted octanol–water partition coefficient (Wildman–Crippen LogP) is 1.16. The summed E-state index contributed by atoms with van der Waals surface area (Å²) in [5, 5.41) is 22.8. The fourth-order valence-electron chi connectivity index (χ4n) is 4.12. The van der Waals surface area contributed by atoms with Gasteiger partial charge in [0.1, 0.15) is 11.6 Å². The molecule has 4 rings (SSSR count). The number of nitrogens with two attached hydrogens (primary N) is 1. The molecule has 2 aromatic heterocycles. The summed E-state index contributed by atoms with van der Waals surface area (Å²) in [5.41, 5.74) is 7.13. The van der Waals surface area contributed by atoms with Gasteiger partial charge in [0.2, 0.25) is 0 Å². The zero-order valence-electron chi connectivity index (χ0n) is 16.6. The number of likely N-dealkylation sites (tertiary alicyclic amines) is 1. The van der Waals surface area contributed by atoms with Crippen LogP contribution in [0.25, 0.3) is 16.9 Å². The van der Waals surface area contributed by atoms with E-state index in [0.717, 1.165) is 62.0 Å². The van der Waals surface area contributed by atoms with Crippen molar-refractivity contribution in [1.29, 1.82) is 10.7 Å². The first-order valence-corrected chi connectivity index (χ1v) is 9.86. The first-order valence-electron chi connectivity index (χ1n) is 9.86. The van der Waals surface area contributed by atoms with Crippen molar-refractivity contribution < 1.29 is 4.74 Å². The van der Waals surface area contributed by atoms with E-state index in [4.69, 9.17) is 20.9 Å². The van der Waals surface area contributed by atoms with Crippen LogP contribution in [-0.2, 0) is 10.2 Å². The van der Waals surface area contributed by atoms with Crippen LogP contribution >= 0.6 is 0 Å². The number of hydrogen-bond acceptors (Lipinski definition) is 8. The first-order chi connectivity index (χ1) is 14.1. The molecule has 0 aromatic carbocycles. The van der Waals surface area contributed by atoms with E-state index >= 15 is 0 Å². The van der Waals surface area contributed by atoms with Gasteiger partial charge in [-0.05, 0) is 50.7 Å². The van der Waals surface area contributed by atoms with E-state index in [9.17, 15) is 5.26 Å². The minimum absolute atomic E-state index is 0.321. The number of hydrogen-bond donors (Lipinski definition) is 2. The van der Waals surface area contributed by atoms with E-state index in [-0.39, 0.29) is 0 Å². The minimum Gasteiger partial charge on any atom is -0.384 e. The normalized spacial score (nSPS) is 20.6. The van der Waals surface area contributed by atoms with Crippen LogP contribution in [0.1, 0.15) is 18.4 Å². The van der Waals surface area contributed by atoms with E-state index in [0.29, 0.717) is 24.7 Å². The topological polar surface area (TPSA) is 120 Å². The molecule has 2 aliphatic heterocycles. The van der Waals surface area contributed by atoms with Gasteiger partial charge >= 0.3 is 0 Å². The minimum atomic E-state index is -0.581. The third-order valence-electron chi connectivity index (χ3n) is 5.93. The van der Waals surface area contributed by atoms with Gasteiger partial charge in [-0.25, -0.2) is 4.98 Å². The Kier molecular flexibility index (Phi) is 5.22. The Hall–Kier alpha value is -2.96. The van der Waals surface area contributed by atoms with Crippen LogP contribution in [0, 0.1) is 16.7 Å². The van der Waals surface area contributed by atoms with Crippen molar-refractivity contribution in [2.24, 2.45) is 5.73 Å². The number of nitrogens with one attached hydrogen (secondary N) is 1. The van der Waals surface area contributed by atoms with Crippen molar-refractivity contribution in [3.63, 3.8) is 0 Å². The Morgan fingerprint density at radius 2 is 2.03 bits per heavy atom. The van der Waals surface area contributed by atoms with Gasteiger partial charge in [-0.3, -0.25) is 0 Å². The number of piperidine rings is 1. The van der Waals surface area contributed by atoms with Crippen LogP contribution in [0.4, 0.5) is 5.82 Å². The fraction of sp³-hybridized carbons (Fsp3) is 0.500. The molecule has 2 fully saturated rings. The second-order valence-electron chi connectivity index (χ2n) is 7.68. The highest BCUT2D eigenvalue weighted by atomic mass is 16.5. The highest BCUT2D eigenvalue weighted by molar-refractivity contribution is 5.86. The molecule has 2 aromatic rings.